The number of rotatable bonds is 7. The van der Waals surface area contributed by atoms with E-state index in [4.69, 9.17) is 32.4 Å². The van der Waals surface area contributed by atoms with Crippen LogP contribution in [0.2, 0.25) is 10.0 Å². The van der Waals surface area contributed by atoms with Crippen molar-refractivity contribution in [3.63, 3.8) is 0 Å². The second-order valence-corrected chi connectivity index (χ2v) is 11.0. The molecule has 0 amide bonds. The number of halogens is 5. The van der Waals surface area contributed by atoms with E-state index in [9.17, 15) is 26.4 Å². The molecule has 1 aliphatic rings. The summed E-state index contributed by atoms with van der Waals surface area (Å²) in [5.74, 6) is 0.286. The minimum Gasteiger partial charge on any atom is -0.482 e. The van der Waals surface area contributed by atoms with Crippen LogP contribution in [-0.4, -0.2) is 43.8 Å². The number of nitrogens with zero attached hydrogens (tertiary/aromatic N) is 2. The third-order valence-corrected chi connectivity index (χ3v) is 8.61. The molecular weight excluding hydrogens is 556 g/mol. The molecule has 1 saturated heterocycles. The molecule has 2 aromatic carbocycles. The van der Waals surface area contributed by atoms with Crippen molar-refractivity contribution in [2.75, 3.05) is 26.2 Å². The number of hydrogen-bond donors (Lipinski definition) is 0. The minimum atomic E-state index is -4.43. The van der Waals surface area contributed by atoms with E-state index in [0.717, 1.165) is 18.4 Å². The summed E-state index contributed by atoms with van der Waals surface area (Å²) in [6, 6.07) is 10.2. The Labute approximate surface area is 221 Å². The highest BCUT2D eigenvalue weighted by molar-refractivity contribution is 7.89. The van der Waals surface area contributed by atoms with Gasteiger partial charge in [0, 0.05) is 32.2 Å². The van der Waals surface area contributed by atoms with Crippen LogP contribution in [0.25, 0.3) is 0 Å². The summed E-state index contributed by atoms with van der Waals surface area (Å²) in [7, 11) is -3.87. The molecule has 198 valence electrons. The van der Waals surface area contributed by atoms with Gasteiger partial charge in [0.05, 0.1) is 22.2 Å². The minimum absolute atomic E-state index is 0.0531. The van der Waals surface area contributed by atoms with E-state index in [2.05, 4.69) is 0 Å². The fourth-order valence-electron chi connectivity index (χ4n) is 3.78. The van der Waals surface area contributed by atoms with Crippen molar-refractivity contribution in [2.24, 2.45) is 0 Å². The summed E-state index contributed by atoms with van der Waals surface area (Å²) in [6.07, 6.45) is -3.28. The molecule has 1 aromatic heterocycles. The molecule has 37 heavy (non-hydrogen) atoms. The third-order valence-electron chi connectivity index (χ3n) is 5.76. The van der Waals surface area contributed by atoms with Gasteiger partial charge >= 0.3 is 6.18 Å². The van der Waals surface area contributed by atoms with E-state index in [1.165, 1.54) is 34.6 Å². The van der Waals surface area contributed by atoms with Crippen molar-refractivity contribution < 1.29 is 30.7 Å². The molecule has 4 rings (SSSR count). The van der Waals surface area contributed by atoms with Crippen LogP contribution in [0.1, 0.15) is 16.9 Å². The second-order valence-electron chi connectivity index (χ2n) is 8.29. The van der Waals surface area contributed by atoms with E-state index < -0.39 is 27.2 Å². The summed E-state index contributed by atoms with van der Waals surface area (Å²) < 4.78 is 76.3. The molecule has 0 radical (unpaired) electrons. The SMILES string of the molecule is O=c1cc(CN2CCN(S(=O)(=O)c3c(Cl)cccc3Cl)CC2)occ1OCc1ccc(C(F)(F)F)cc1. The van der Waals surface area contributed by atoms with Gasteiger partial charge in [0.15, 0.2) is 0 Å². The van der Waals surface area contributed by atoms with Crippen molar-refractivity contribution in [1.82, 2.24) is 9.21 Å². The van der Waals surface area contributed by atoms with Crippen molar-refractivity contribution in [3.05, 3.63) is 91.9 Å². The lowest BCUT2D eigenvalue weighted by Crippen LogP contribution is -2.48. The Kier molecular flexibility index (Phi) is 8.20. The van der Waals surface area contributed by atoms with Crippen molar-refractivity contribution in [2.45, 2.75) is 24.2 Å². The van der Waals surface area contributed by atoms with Crippen LogP contribution in [0.3, 0.4) is 0 Å². The first-order chi connectivity index (χ1) is 17.4. The number of alkyl halides is 3. The highest BCUT2D eigenvalue weighted by atomic mass is 35.5. The molecule has 3 aromatic rings. The topological polar surface area (TPSA) is 80.1 Å². The first kappa shape index (κ1) is 27.5. The normalized spacial score (nSPS) is 15.6. The molecule has 0 aliphatic carbocycles. The van der Waals surface area contributed by atoms with E-state index >= 15 is 0 Å². The summed E-state index contributed by atoms with van der Waals surface area (Å²) in [5, 5.41) is 0.106. The Balaban J connectivity index is 1.33. The first-order valence-corrected chi connectivity index (χ1v) is 13.2. The van der Waals surface area contributed by atoms with Gasteiger partial charge in [-0.3, -0.25) is 9.69 Å². The lowest BCUT2D eigenvalue weighted by molar-refractivity contribution is -0.137. The highest BCUT2D eigenvalue weighted by Gasteiger charge is 2.32. The maximum Gasteiger partial charge on any atom is 0.416 e. The second kappa shape index (κ2) is 11.0. The summed E-state index contributed by atoms with van der Waals surface area (Å²) in [5.41, 5.74) is -0.753. The molecular formula is C24H21Cl2F3N2O5S. The van der Waals surface area contributed by atoms with Crippen LogP contribution < -0.4 is 10.2 Å². The Bertz CT molecular complexity index is 1400. The monoisotopic (exact) mass is 576 g/mol. The molecule has 0 bridgehead atoms. The summed E-state index contributed by atoms with van der Waals surface area (Å²) in [6.45, 7) is 1.34. The zero-order valence-corrected chi connectivity index (χ0v) is 21.5. The number of hydrogen-bond acceptors (Lipinski definition) is 6. The Hall–Kier alpha value is -2.57. The number of piperazine rings is 1. The van der Waals surface area contributed by atoms with Crippen LogP contribution in [-0.2, 0) is 29.4 Å². The van der Waals surface area contributed by atoms with Crippen LogP contribution in [0.15, 0.2) is 68.9 Å². The van der Waals surface area contributed by atoms with Gasteiger partial charge in [-0.2, -0.15) is 17.5 Å². The predicted molar refractivity (Wildman–Crippen MR) is 131 cm³/mol. The molecule has 1 aliphatic heterocycles. The fraction of sp³-hybridized carbons (Fsp3) is 0.292. The quantitative estimate of drug-likeness (QED) is 0.391. The highest BCUT2D eigenvalue weighted by Crippen LogP contribution is 2.32. The largest absolute Gasteiger partial charge is 0.482 e. The summed E-state index contributed by atoms with van der Waals surface area (Å²) >= 11 is 12.2. The smallest absolute Gasteiger partial charge is 0.416 e. The van der Waals surface area contributed by atoms with E-state index in [-0.39, 0.29) is 46.9 Å². The van der Waals surface area contributed by atoms with Gasteiger partial charge in [-0.1, -0.05) is 41.4 Å². The average molecular weight is 577 g/mol. The number of ether oxygens (including phenoxy) is 1. The lowest BCUT2D eigenvalue weighted by Gasteiger charge is -2.33. The molecule has 7 nitrogen and oxygen atoms in total. The first-order valence-electron chi connectivity index (χ1n) is 11.0. The molecule has 1 fully saturated rings. The van der Waals surface area contributed by atoms with Gasteiger partial charge in [0.1, 0.15) is 23.5 Å². The molecule has 0 unspecified atom stereocenters. The van der Waals surface area contributed by atoms with Crippen LogP contribution in [0, 0.1) is 0 Å². The Morgan fingerprint density at radius 1 is 0.973 bits per heavy atom. The number of benzene rings is 2. The zero-order valence-electron chi connectivity index (χ0n) is 19.2. The fourth-order valence-corrected chi connectivity index (χ4v) is 6.30. The van der Waals surface area contributed by atoms with Crippen molar-refractivity contribution >= 4 is 33.2 Å². The third kappa shape index (κ3) is 6.47. The van der Waals surface area contributed by atoms with Gasteiger partial charge in [0.2, 0.25) is 21.2 Å². The molecule has 0 N–H and O–H groups in total. The Morgan fingerprint density at radius 2 is 1.59 bits per heavy atom. The van der Waals surface area contributed by atoms with Gasteiger partial charge in [-0.25, -0.2) is 8.42 Å². The summed E-state index contributed by atoms with van der Waals surface area (Å²) in [4.78, 5) is 14.2. The molecule has 0 spiro atoms. The maximum atomic E-state index is 13.0. The standard InChI is InChI=1S/C24H21Cl2F3N2O5S/c25-19-2-1-3-20(26)23(19)37(33,34)31-10-8-30(9-11-31)13-18-12-21(32)22(15-35-18)36-14-16-4-6-17(7-5-16)24(27,28)29/h1-7,12,15H,8-11,13-14H2. The molecule has 13 heteroatoms. The van der Waals surface area contributed by atoms with Gasteiger partial charge in [-0.15, -0.1) is 0 Å². The molecule has 2 heterocycles. The van der Waals surface area contributed by atoms with Gasteiger partial charge in [0.25, 0.3) is 0 Å². The lowest BCUT2D eigenvalue weighted by atomic mass is 10.1. The number of sulfonamides is 1. The maximum absolute atomic E-state index is 13.0. The van der Waals surface area contributed by atoms with Crippen LogP contribution in [0.5, 0.6) is 5.75 Å². The zero-order chi connectivity index (χ0) is 26.8. The van der Waals surface area contributed by atoms with Crippen LogP contribution in [0.4, 0.5) is 13.2 Å². The van der Waals surface area contributed by atoms with Crippen LogP contribution >= 0.6 is 23.2 Å². The van der Waals surface area contributed by atoms with E-state index in [1.807, 2.05) is 4.90 Å². The average Bonchev–Trinajstić information content (AvgIpc) is 2.83. The molecule has 0 atom stereocenters. The Morgan fingerprint density at radius 3 is 2.16 bits per heavy atom. The molecule has 0 saturated carbocycles. The van der Waals surface area contributed by atoms with E-state index in [1.54, 1.807) is 6.07 Å². The predicted octanol–water partition coefficient (Wildman–Crippen LogP) is 5.05. The van der Waals surface area contributed by atoms with Gasteiger partial charge in [-0.05, 0) is 29.8 Å². The van der Waals surface area contributed by atoms with Crippen molar-refractivity contribution in [3.8, 4) is 5.75 Å². The van der Waals surface area contributed by atoms with Gasteiger partial charge < -0.3 is 9.15 Å². The van der Waals surface area contributed by atoms with Crippen molar-refractivity contribution in [1.29, 1.82) is 0 Å². The van der Waals surface area contributed by atoms with E-state index in [0.29, 0.717) is 24.4 Å².